The number of carbonyl (C=O) groups excluding carboxylic acids is 1. The van der Waals surface area contributed by atoms with Crippen molar-refractivity contribution < 1.29 is 9.48 Å². The summed E-state index contributed by atoms with van der Waals surface area (Å²) in [5.74, 6) is 0.0911. The van der Waals surface area contributed by atoms with E-state index < -0.39 is 0 Å². The summed E-state index contributed by atoms with van der Waals surface area (Å²) in [6.45, 7) is 2.81. The molecule has 1 aliphatic heterocycles. The lowest BCUT2D eigenvalue weighted by Gasteiger charge is -1.93. The monoisotopic (exact) mass is 189 g/mol. The minimum Gasteiger partial charge on any atom is -0.269 e. The Morgan fingerprint density at radius 2 is 2.07 bits per heavy atom. The average molecular weight is 189 g/mol. The highest BCUT2D eigenvalue weighted by atomic mass is 16.2. The molecule has 0 aromatic heterocycles. The van der Waals surface area contributed by atoms with Gasteiger partial charge < -0.3 is 0 Å². The number of nitrogens with zero attached hydrogens (tertiary/aromatic N) is 1. The third-order valence-electron chi connectivity index (χ3n) is 2.23. The second-order valence-corrected chi connectivity index (χ2v) is 3.52. The highest BCUT2D eigenvalue weighted by Gasteiger charge is 2.20. The summed E-state index contributed by atoms with van der Waals surface area (Å²) < 4.78 is 1.83. The molecule has 14 heavy (non-hydrogen) atoms. The first-order chi connectivity index (χ1) is 6.74. The van der Waals surface area contributed by atoms with E-state index in [2.05, 4.69) is 24.5 Å². The molecule has 0 radical (unpaired) electrons. The molecule has 1 aliphatic rings. The molecule has 0 atom stereocenters. The van der Waals surface area contributed by atoms with Crippen LogP contribution < -0.4 is 5.43 Å². The molecule has 0 saturated carbocycles. The fraction of sp³-hybridized carbons (Fsp3) is 0.273. The van der Waals surface area contributed by atoms with E-state index in [1.807, 2.05) is 23.0 Å². The van der Waals surface area contributed by atoms with Gasteiger partial charge in [-0.2, -0.15) is 0 Å². The van der Waals surface area contributed by atoms with Crippen LogP contribution in [0.1, 0.15) is 17.5 Å². The third kappa shape index (κ3) is 1.99. The van der Waals surface area contributed by atoms with Gasteiger partial charge in [-0.25, -0.2) is 0 Å². The number of carbonyl (C=O) groups is 1. The number of rotatable bonds is 1. The lowest BCUT2D eigenvalue weighted by atomic mass is 10.2. The van der Waals surface area contributed by atoms with Crippen LogP contribution in [0.5, 0.6) is 0 Å². The minimum atomic E-state index is 0.0911. The van der Waals surface area contributed by atoms with Gasteiger partial charge >= 0.3 is 0 Å². The molecule has 0 aliphatic carbocycles. The summed E-state index contributed by atoms with van der Waals surface area (Å²) >= 11 is 0. The number of aryl methyl sites for hydroxylation is 1. The highest BCUT2D eigenvalue weighted by molar-refractivity contribution is 5.79. The van der Waals surface area contributed by atoms with Crippen molar-refractivity contribution in [3.05, 3.63) is 35.4 Å². The summed E-state index contributed by atoms with van der Waals surface area (Å²) in [6, 6.07) is 8.20. The first-order valence-electron chi connectivity index (χ1n) is 4.72. The van der Waals surface area contributed by atoms with Crippen molar-refractivity contribution in [2.75, 3.05) is 6.54 Å². The predicted molar refractivity (Wildman–Crippen MR) is 54.2 cm³/mol. The average Bonchev–Trinajstić information content (AvgIpc) is 2.56. The van der Waals surface area contributed by atoms with Gasteiger partial charge in [0.2, 0.25) is 6.21 Å². The SMILES string of the molecule is Cc1ccc(C=[N+]2CCC(=O)N2)cc1. The van der Waals surface area contributed by atoms with E-state index in [0.717, 1.165) is 12.1 Å². The lowest BCUT2D eigenvalue weighted by Crippen LogP contribution is -2.25. The zero-order chi connectivity index (χ0) is 9.97. The van der Waals surface area contributed by atoms with Crippen molar-refractivity contribution in [1.82, 2.24) is 5.43 Å². The van der Waals surface area contributed by atoms with Crippen LogP contribution >= 0.6 is 0 Å². The number of hydrazine groups is 1. The quantitative estimate of drug-likeness (QED) is 0.653. The van der Waals surface area contributed by atoms with Gasteiger partial charge in [0.15, 0.2) is 6.54 Å². The molecule has 3 heteroatoms. The largest absolute Gasteiger partial charge is 0.280 e. The smallest absolute Gasteiger partial charge is 0.269 e. The van der Waals surface area contributed by atoms with E-state index >= 15 is 0 Å². The molecule has 0 bridgehead atoms. The number of hydrogen-bond donors (Lipinski definition) is 1. The standard InChI is InChI=1S/C11H12N2O/c1-9-2-4-10(5-3-9)8-13-7-6-11(14)12-13/h2-5,8H,6-7H2,1H3/p+1. The number of nitrogens with one attached hydrogen (secondary N) is 1. The third-order valence-corrected chi connectivity index (χ3v) is 2.23. The van der Waals surface area contributed by atoms with Crippen LogP contribution in [-0.4, -0.2) is 23.4 Å². The van der Waals surface area contributed by atoms with Crippen molar-refractivity contribution in [3.8, 4) is 0 Å². The molecule has 0 spiro atoms. The Bertz CT molecular complexity index is 379. The molecule has 1 N–H and O–H groups in total. The van der Waals surface area contributed by atoms with Crippen LogP contribution in [-0.2, 0) is 4.79 Å². The van der Waals surface area contributed by atoms with Gasteiger partial charge in [-0.3, -0.25) is 4.79 Å². The first-order valence-corrected chi connectivity index (χ1v) is 4.72. The molecule has 72 valence electrons. The molecule has 1 saturated heterocycles. The molecule has 1 amide bonds. The number of amides is 1. The summed E-state index contributed by atoms with van der Waals surface area (Å²) in [7, 11) is 0. The van der Waals surface area contributed by atoms with E-state index in [-0.39, 0.29) is 5.91 Å². The number of hydrazone groups is 1. The Balaban J connectivity index is 2.17. The van der Waals surface area contributed by atoms with Gasteiger partial charge in [-0.15, -0.1) is 10.1 Å². The molecule has 0 unspecified atom stereocenters. The van der Waals surface area contributed by atoms with E-state index in [1.54, 1.807) is 0 Å². The second-order valence-electron chi connectivity index (χ2n) is 3.52. The van der Waals surface area contributed by atoms with Crippen molar-refractivity contribution >= 4 is 12.1 Å². The second kappa shape index (κ2) is 3.62. The van der Waals surface area contributed by atoms with Gasteiger partial charge in [0.25, 0.3) is 5.91 Å². The fourth-order valence-corrected chi connectivity index (χ4v) is 1.42. The Morgan fingerprint density at radius 3 is 2.64 bits per heavy atom. The molecular formula is C11H13N2O+. The maximum Gasteiger partial charge on any atom is 0.280 e. The maximum absolute atomic E-state index is 10.9. The Hall–Kier alpha value is -1.64. The van der Waals surface area contributed by atoms with E-state index in [9.17, 15) is 4.79 Å². The summed E-state index contributed by atoms with van der Waals surface area (Å²) in [4.78, 5) is 10.9. The fourth-order valence-electron chi connectivity index (χ4n) is 1.42. The maximum atomic E-state index is 10.9. The van der Waals surface area contributed by atoms with Gasteiger partial charge in [-0.1, -0.05) is 17.7 Å². The van der Waals surface area contributed by atoms with E-state index in [0.29, 0.717) is 6.42 Å². The molecule has 1 fully saturated rings. The number of hydrogen-bond acceptors (Lipinski definition) is 1. The van der Waals surface area contributed by atoms with Gasteiger partial charge in [-0.05, 0) is 19.1 Å². The lowest BCUT2D eigenvalue weighted by molar-refractivity contribution is -0.553. The Morgan fingerprint density at radius 1 is 1.36 bits per heavy atom. The Kier molecular flexibility index (Phi) is 2.31. The summed E-state index contributed by atoms with van der Waals surface area (Å²) in [6.07, 6.45) is 2.53. The van der Waals surface area contributed by atoms with Crippen molar-refractivity contribution in [1.29, 1.82) is 0 Å². The molecule has 1 aromatic rings. The van der Waals surface area contributed by atoms with Crippen LogP contribution in [0, 0.1) is 6.92 Å². The zero-order valence-electron chi connectivity index (χ0n) is 8.16. The Labute approximate surface area is 83.0 Å². The first kappa shape index (κ1) is 8.94. The van der Waals surface area contributed by atoms with Crippen molar-refractivity contribution in [2.24, 2.45) is 0 Å². The summed E-state index contributed by atoms with van der Waals surface area (Å²) in [5, 5.41) is 0. The molecular weight excluding hydrogens is 176 g/mol. The van der Waals surface area contributed by atoms with Gasteiger partial charge in [0, 0.05) is 5.56 Å². The highest BCUT2D eigenvalue weighted by Crippen LogP contribution is 2.01. The van der Waals surface area contributed by atoms with Crippen LogP contribution in [0.15, 0.2) is 24.3 Å². The van der Waals surface area contributed by atoms with Gasteiger partial charge in [0.1, 0.15) is 0 Å². The normalized spacial score (nSPS) is 18.6. The molecule has 1 aromatic carbocycles. The molecule has 1 heterocycles. The van der Waals surface area contributed by atoms with Crippen molar-refractivity contribution in [2.45, 2.75) is 13.3 Å². The van der Waals surface area contributed by atoms with Crippen LogP contribution in [0.4, 0.5) is 0 Å². The van der Waals surface area contributed by atoms with E-state index in [1.165, 1.54) is 5.56 Å². The van der Waals surface area contributed by atoms with Crippen molar-refractivity contribution in [3.63, 3.8) is 0 Å². The van der Waals surface area contributed by atoms with Crippen LogP contribution in [0.25, 0.3) is 0 Å². The molecule has 3 nitrogen and oxygen atoms in total. The molecule has 2 rings (SSSR count). The van der Waals surface area contributed by atoms with Crippen LogP contribution in [0.3, 0.4) is 0 Å². The van der Waals surface area contributed by atoms with E-state index in [4.69, 9.17) is 0 Å². The topological polar surface area (TPSA) is 32.1 Å². The number of benzene rings is 1. The summed E-state index contributed by atoms with van der Waals surface area (Å²) in [5.41, 5.74) is 5.11. The zero-order valence-corrected chi connectivity index (χ0v) is 8.16. The van der Waals surface area contributed by atoms with Gasteiger partial charge in [0.05, 0.1) is 6.42 Å². The van der Waals surface area contributed by atoms with Crippen LogP contribution in [0.2, 0.25) is 0 Å². The predicted octanol–water partition coefficient (Wildman–Crippen LogP) is 0.861. The minimum absolute atomic E-state index is 0.0911.